The third-order valence-electron chi connectivity index (χ3n) is 11.8. The molecule has 7 rings (SSSR count). The van der Waals surface area contributed by atoms with E-state index in [0.717, 1.165) is 42.4 Å². The van der Waals surface area contributed by atoms with Gasteiger partial charge in [0.25, 0.3) is 11.8 Å². The minimum Gasteiger partial charge on any atom is -0.493 e. The molecule has 5 atom stereocenters. The molecular formula is C48H46N4O13S2. The van der Waals surface area contributed by atoms with Crippen molar-refractivity contribution in [1.82, 2.24) is 10.6 Å². The molecule has 0 bridgehead atoms. The number of methoxy groups -OCH3 is 2. The zero-order chi connectivity index (χ0) is 48.0. The summed E-state index contributed by atoms with van der Waals surface area (Å²) < 4.78 is 22.8. The molecule has 0 radical (unpaired) electrons. The quantitative estimate of drug-likeness (QED) is 0.0445. The molecule has 19 heteroatoms. The van der Waals surface area contributed by atoms with E-state index in [2.05, 4.69) is 16.0 Å². The van der Waals surface area contributed by atoms with Crippen molar-refractivity contribution in [2.75, 3.05) is 25.3 Å². The van der Waals surface area contributed by atoms with Gasteiger partial charge in [-0.05, 0) is 134 Å². The van der Waals surface area contributed by atoms with Gasteiger partial charge in [0.2, 0.25) is 5.91 Å². The van der Waals surface area contributed by atoms with Crippen LogP contribution in [0.3, 0.4) is 0 Å². The molecule has 0 spiro atoms. The summed E-state index contributed by atoms with van der Waals surface area (Å²) in [7, 11) is 2.58. The number of nitrogens with two attached hydrogens (primary N) is 1. The van der Waals surface area contributed by atoms with E-state index in [0.29, 0.717) is 11.4 Å². The SMILES string of the molecule is COC1=CCC([C@@](NC(=O)c2ccc(N)cc2)(C(=O)O)C(C2C=C(OC)C(OC(=O)c3cccs3)=CC2)C(C)(NC(=O)c2ccc(NC(=O)C3CC3)cc2)C(=O)O)C=C1OC(=O)c1cccs1. The molecule has 67 heavy (non-hydrogen) atoms. The highest BCUT2D eigenvalue weighted by Crippen LogP contribution is 2.48. The average Bonchev–Trinajstić information content (AvgIpc) is 3.73. The van der Waals surface area contributed by atoms with E-state index in [1.807, 2.05) is 0 Å². The third-order valence-corrected chi connectivity index (χ3v) is 13.5. The maximum absolute atomic E-state index is 14.7. The number of thiophene rings is 2. The Morgan fingerprint density at radius 2 is 1.24 bits per heavy atom. The molecule has 1 saturated carbocycles. The first kappa shape index (κ1) is 47.5. The number of benzene rings is 2. The molecule has 2 aromatic heterocycles. The molecule has 17 nitrogen and oxygen atoms in total. The molecule has 4 unspecified atom stereocenters. The molecule has 2 heterocycles. The van der Waals surface area contributed by atoms with Crippen LogP contribution in [0, 0.1) is 23.7 Å². The molecule has 7 N–H and O–H groups in total. The van der Waals surface area contributed by atoms with E-state index in [-0.39, 0.29) is 68.6 Å². The van der Waals surface area contributed by atoms with E-state index in [4.69, 9.17) is 24.7 Å². The second-order valence-electron chi connectivity index (χ2n) is 16.1. The van der Waals surface area contributed by atoms with Crippen LogP contribution in [0.1, 0.15) is 72.7 Å². The van der Waals surface area contributed by atoms with Crippen LogP contribution in [0.4, 0.5) is 11.4 Å². The molecule has 0 saturated heterocycles. The van der Waals surface area contributed by atoms with Gasteiger partial charge in [0, 0.05) is 40.3 Å². The summed E-state index contributed by atoms with van der Waals surface area (Å²) in [5.74, 6) is -12.0. The molecule has 3 aliphatic rings. The number of carbonyl (C=O) groups excluding carboxylic acids is 5. The van der Waals surface area contributed by atoms with Gasteiger partial charge in [-0.1, -0.05) is 12.1 Å². The van der Waals surface area contributed by atoms with Crippen LogP contribution in [-0.2, 0) is 33.3 Å². The summed E-state index contributed by atoms with van der Waals surface area (Å²) in [6.45, 7) is 1.13. The number of amides is 3. The topological polar surface area (TPSA) is 259 Å². The lowest BCUT2D eigenvalue weighted by atomic mass is 9.58. The van der Waals surface area contributed by atoms with E-state index < -0.39 is 64.5 Å². The van der Waals surface area contributed by atoms with Crippen molar-refractivity contribution < 1.29 is 62.7 Å². The van der Waals surface area contributed by atoms with Crippen LogP contribution in [0.15, 0.2) is 131 Å². The van der Waals surface area contributed by atoms with Crippen molar-refractivity contribution in [3.05, 3.63) is 152 Å². The van der Waals surface area contributed by atoms with Gasteiger partial charge in [-0.3, -0.25) is 14.4 Å². The zero-order valence-corrected chi connectivity index (χ0v) is 37.9. The molecule has 4 aromatic rings. The van der Waals surface area contributed by atoms with Gasteiger partial charge in [0.05, 0.1) is 14.2 Å². The Morgan fingerprint density at radius 1 is 0.687 bits per heavy atom. The number of anilines is 2. The predicted molar refractivity (Wildman–Crippen MR) is 246 cm³/mol. The van der Waals surface area contributed by atoms with Gasteiger partial charge < -0.3 is 50.8 Å². The summed E-state index contributed by atoms with van der Waals surface area (Å²) in [6, 6.07) is 17.6. The fourth-order valence-corrected chi connectivity index (χ4v) is 9.45. The Morgan fingerprint density at radius 3 is 1.76 bits per heavy atom. The standard InChI is InChI=1S/C48H46N4O13S2/c1-47(45(58)59,51-41(54)28-12-18-32(19-13-28)50-40(53)26-8-9-26)39(29-14-20-34(35(24-29)63-3)64-43(56)37-6-4-22-66-37)48(46(60)61,52-42(55)27-10-16-31(49)17-11-27)30-15-21-33(62-2)36(25-30)65-44(57)38-7-5-23-67-38/h4-7,10-13,16-26,29-30,39H,8-9,14-15,49H2,1-3H3,(H,50,53)(H,51,54)(H,52,55)(H,58,59)(H,60,61)/t29?,30?,39?,47?,48-/m0/s1. The third kappa shape index (κ3) is 10.2. The lowest BCUT2D eigenvalue weighted by Gasteiger charge is -2.51. The summed E-state index contributed by atoms with van der Waals surface area (Å²) in [4.78, 5) is 97.4. The molecular weight excluding hydrogens is 905 g/mol. The average molecular weight is 951 g/mol. The monoisotopic (exact) mass is 950 g/mol. The Balaban J connectivity index is 1.40. The minimum atomic E-state index is -2.74. The van der Waals surface area contributed by atoms with Crippen molar-refractivity contribution in [1.29, 1.82) is 0 Å². The van der Waals surface area contributed by atoms with E-state index in [9.17, 15) is 43.8 Å². The van der Waals surface area contributed by atoms with Crippen molar-refractivity contribution in [2.45, 2.75) is 43.7 Å². The lowest BCUT2D eigenvalue weighted by Crippen LogP contribution is -2.74. The number of hydrogen-bond acceptors (Lipinski definition) is 14. The zero-order valence-electron chi connectivity index (χ0n) is 36.3. The van der Waals surface area contributed by atoms with E-state index >= 15 is 0 Å². The smallest absolute Gasteiger partial charge is 0.353 e. The Kier molecular flexibility index (Phi) is 14.1. The number of aliphatic carboxylic acids is 2. The first-order valence-corrected chi connectivity index (χ1v) is 22.7. The molecule has 3 aliphatic carbocycles. The summed E-state index contributed by atoms with van der Waals surface area (Å²) in [6.07, 6.45) is 6.62. The fourth-order valence-electron chi connectivity index (χ4n) is 8.25. The highest BCUT2D eigenvalue weighted by molar-refractivity contribution is 7.12. The number of carbonyl (C=O) groups is 7. The number of allylic oxidation sites excluding steroid dienone is 3. The first-order valence-electron chi connectivity index (χ1n) is 20.9. The van der Waals surface area contributed by atoms with Gasteiger partial charge in [0.1, 0.15) is 15.3 Å². The van der Waals surface area contributed by atoms with Gasteiger partial charge in [-0.2, -0.15) is 0 Å². The van der Waals surface area contributed by atoms with Crippen molar-refractivity contribution in [3.63, 3.8) is 0 Å². The predicted octanol–water partition coefficient (Wildman–Crippen LogP) is 6.77. The second kappa shape index (κ2) is 19.9. The number of rotatable bonds is 18. The van der Waals surface area contributed by atoms with Gasteiger partial charge in [-0.25, -0.2) is 19.2 Å². The van der Waals surface area contributed by atoms with Crippen LogP contribution in [0.5, 0.6) is 0 Å². The number of nitrogen functional groups attached to an aromatic ring is 1. The van der Waals surface area contributed by atoms with Crippen molar-refractivity contribution >= 4 is 75.6 Å². The van der Waals surface area contributed by atoms with Gasteiger partial charge in [0.15, 0.2) is 28.6 Å². The van der Waals surface area contributed by atoms with Crippen LogP contribution in [-0.4, -0.2) is 77.1 Å². The van der Waals surface area contributed by atoms with Crippen LogP contribution < -0.4 is 21.7 Å². The Bertz CT molecular complexity index is 2690. The molecule has 0 aliphatic heterocycles. The lowest BCUT2D eigenvalue weighted by molar-refractivity contribution is -0.159. The Hall–Kier alpha value is -7.51. The maximum Gasteiger partial charge on any atom is 0.353 e. The number of carboxylic acid groups (broad SMARTS) is 2. The summed E-state index contributed by atoms with van der Waals surface area (Å²) >= 11 is 2.23. The second-order valence-corrected chi connectivity index (χ2v) is 18.0. The number of esters is 2. The highest BCUT2D eigenvalue weighted by atomic mass is 32.1. The van der Waals surface area contributed by atoms with Crippen LogP contribution in [0.25, 0.3) is 0 Å². The van der Waals surface area contributed by atoms with Gasteiger partial charge in [-0.15, -0.1) is 22.7 Å². The van der Waals surface area contributed by atoms with Crippen molar-refractivity contribution in [2.24, 2.45) is 23.7 Å². The summed E-state index contributed by atoms with van der Waals surface area (Å²) in [5.41, 5.74) is 1.17. The molecule has 1 fully saturated rings. The Labute approximate surface area is 391 Å². The van der Waals surface area contributed by atoms with Crippen molar-refractivity contribution in [3.8, 4) is 0 Å². The van der Waals surface area contributed by atoms with E-state index in [1.165, 1.54) is 93.1 Å². The largest absolute Gasteiger partial charge is 0.493 e. The number of carboxylic acids is 2. The number of nitrogens with one attached hydrogen (secondary N) is 3. The number of ether oxygens (including phenoxy) is 4. The summed E-state index contributed by atoms with van der Waals surface area (Å²) in [5, 5.41) is 34.8. The highest BCUT2D eigenvalue weighted by Gasteiger charge is 2.64. The fraction of sp³-hybridized carbons (Fsp3) is 0.271. The molecule has 3 amide bonds. The van der Waals surface area contributed by atoms with E-state index in [1.54, 1.807) is 29.0 Å². The van der Waals surface area contributed by atoms with Crippen LogP contribution in [0.2, 0.25) is 0 Å². The van der Waals surface area contributed by atoms with Crippen LogP contribution >= 0.6 is 22.7 Å². The first-order chi connectivity index (χ1) is 32.1. The maximum atomic E-state index is 14.7. The normalized spacial score (nSPS) is 18.9. The minimum absolute atomic E-state index is 0.0464. The number of hydrogen-bond donors (Lipinski definition) is 6. The molecule has 2 aromatic carbocycles. The molecule has 348 valence electrons. The van der Waals surface area contributed by atoms with Gasteiger partial charge >= 0.3 is 23.9 Å².